The minimum atomic E-state index is -0.759. The molecule has 6 rings (SSSR count). The van der Waals surface area contributed by atoms with Crippen LogP contribution in [-0.2, 0) is 24.2 Å². The van der Waals surface area contributed by atoms with Gasteiger partial charge in [0.05, 0.1) is 18.1 Å². The maximum Gasteiger partial charge on any atom is 0.307 e. The SMILES string of the molecule is Cc1nc(OCCC(C)(C)O)ccc1C1CCCc2ccc(COc3cc4c(cn3)[C@H]3[C@@H](C4)[C@@H]3C(=O)O)cc21. The molecule has 0 saturated heterocycles. The van der Waals surface area contributed by atoms with Gasteiger partial charge in [0, 0.05) is 42.3 Å². The Morgan fingerprint density at radius 2 is 1.90 bits per heavy atom. The number of aryl methyl sites for hydroxylation is 2. The van der Waals surface area contributed by atoms with E-state index in [2.05, 4.69) is 29.2 Å². The van der Waals surface area contributed by atoms with Gasteiger partial charge in [0.25, 0.3) is 0 Å². The summed E-state index contributed by atoms with van der Waals surface area (Å²) in [5.41, 5.74) is 7.51. The molecule has 7 heteroatoms. The lowest BCUT2D eigenvalue weighted by atomic mass is 9.78. The number of benzene rings is 1. The lowest BCUT2D eigenvalue weighted by molar-refractivity contribution is -0.139. The van der Waals surface area contributed by atoms with Crippen LogP contribution in [0.25, 0.3) is 0 Å². The summed E-state index contributed by atoms with van der Waals surface area (Å²) in [7, 11) is 0. The molecule has 204 valence electrons. The van der Waals surface area contributed by atoms with Crippen molar-refractivity contribution < 1.29 is 24.5 Å². The minimum Gasteiger partial charge on any atom is -0.481 e. The molecule has 1 fully saturated rings. The number of nitrogens with zero attached hydrogens (tertiary/aromatic N) is 2. The van der Waals surface area contributed by atoms with Gasteiger partial charge in [-0.3, -0.25) is 4.79 Å². The van der Waals surface area contributed by atoms with Crippen LogP contribution in [0, 0.1) is 18.8 Å². The number of carbonyl (C=O) groups is 1. The third-order valence-corrected chi connectivity index (χ3v) is 8.62. The number of carboxylic acids is 1. The van der Waals surface area contributed by atoms with Crippen molar-refractivity contribution in [2.45, 2.75) is 76.9 Å². The summed E-state index contributed by atoms with van der Waals surface area (Å²) in [6.45, 7) is 6.46. The predicted molar refractivity (Wildman–Crippen MR) is 146 cm³/mol. The van der Waals surface area contributed by atoms with Crippen LogP contribution in [0.5, 0.6) is 11.8 Å². The van der Waals surface area contributed by atoms with Crippen LogP contribution in [0.4, 0.5) is 0 Å². The molecule has 3 aliphatic rings. The highest BCUT2D eigenvalue weighted by molar-refractivity contribution is 5.77. The van der Waals surface area contributed by atoms with Gasteiger partial charge in [0.2, 0.25) is 11.8 Å². The molecule has 0 spiro atoms. The first-order valence-corrected chi connectivity index (χ1v) is 14.0. The Balaban J connectivity index is 1.14. The minimum absolute atomic E-state index is 0.128. The molecular formula is C32H36N2O5. The van der Waals surface area contributed by atoms with Gasteiger partial charge in [-0.2, -0.15) is 0 Å². The van der Waals surface area contributed by atoms with E-state index >= 15 is 0 Å². The van der Waals surface area contributed by atoms with Crippen molar-refractivity contribution in [3.05, 3.63) is 81.7 Å². The Bertz CT molecular complexity index is 1410. The molecule has 0 radical (unpaired) electrons. The van der Waals surface area contributed by atoms with Crippen molar-refractivity contribution in [1.29, 1.82) is 0 Å². The molecule has 1 unspecified atom stereocenters. The van der Waals surface area contributed by atoms with Crippen LogP contribution in [0.15, 0.2) is 42.6 Å². The second kappa shape index (κ2) is 9.94. The number of aromatic nitrogens is 2. The van der Waals surface area contributed by atoms with E-state index in [1.54, 1.807) is 13.8 Å². The van der Waals surface area contributed by atoms with Crippen LogP contribution >= 0.6 is 0 Å². The highest BCUT2D eigenvalue weighted by Gasteiger charge is 2.59. The first-order chi connectivity index (χ1) is 18.7. The fraction of sp³-hybridized carbons (Fsp3) is 0.469. The number of fused-ring (bicyclic) bond motifs is 4. The fourth-order valence-electron chi connectivity index (χ4n) is 6.51. The monoisotopic (exact) mass is 528 g/mol. The summed E-state index contributed by atoms with van der Waals surface area (Å²) in [6.07, 6.45) is 6.44. The summed E-state index contributed by atoms with van der Waals surface area (Å²) in [4.78, 5) is 20.6. The molecule has 4 atom stereocenters. The molecule has 2 heterocycles. The molecule has 7 nitrogen and oxygen atoms in total. The van der Waals surface area contributed by atoms with E-state index < -0.39 is 11.6 Å². The summed E-state index contributed by atoms with van der Waals surface area (Å²) in [5, 5.41) is 19.3. The molecule has 2 N–H and O–H groups in total. The molecule has 0 bridgehead atoms. The molecular weight excluding hydrogens is 492 g/mol. The zero-order valence-electron chi connectivity index (χ0n) is 22.8. The summed E-state index contributed by atoms with van der Waals surface area (Å²) < 4.78 is 11.9. The van der Waals surface area contributed by atoms with Crippen molar-refractivity contribution in [1.82, 2.24) is 9.97 Å². The van der Waals surface area contributed by atoms with Crippen molar-refractivity contribution in [2.24, 2.45) is 11.8 Å². The lowest BCUT2D eigenvalue weighted by Crippen LogP contribution is -2.22. The summed E-state index contributed by atoms with van der Waals surface area (Å²) in [5.74, 6) is 0.877. The van der Waals surface area contributed by atoms with Crippen molar-refractivity contribution in [2.75, 3.05) is 6.61 Å². The molecule has 0 aliphatic heterocycles. The van der Waals surface area contributed by atoms with Gasteiger partial charge in [0.15, 0.2) is 0 Å². The summed E-state index contributed by atoms with van der Waals surface area (Å²) in [6, 6.07) is 12.7. The molecule has 1 aromatic carbocycles. The molecule has 2 aromatic heterocycles. The zero-order chi connectivity index (χ0) is 27.3. The number of carboxylic acid groups (broad SMARTS) is 1. The number of hydrogen-bond donors (Lipinski definition) is 2. The number of hydrogen-bond acceptors (Lipinski definition) is 6. The van der Waals surface area contributed by atoms with Crippen LogP contribution in [-0.4, -0.2) is 38.4 Å². The second-order valence-corrected chi connectivity index (χ2v) is 12.0. The molecule has 39 heavy (non-hydrogen) atoms. The number of rotatable bonds is 9. The van der Waals surface area contributed by atoms with Crippen molar-refractivity contribution in [3.8, 4) is 11.8 Å². The fourth-order valence-corrected chi connectivity index (χ4v) is 6.51. The van der Waals surface area contributed by atoms with E-state index in [1.807, 2.05) is 25.3 Å². The highest BCUT2D eigenvalue weighted by atomic mass is 16.5. The van der Waals surface area contributed by atoms with Gasteiger partial charge >= 0.3 is 5.97 Å². The topological polar surface area (TPSA) is 102 Å². The van der Waals surface area contributed by atoms with Gasteiger partial charge in [-0.1, -0.05) is 24.3 Å². The van der Waals surface area contributed by atoms with E-state index in [-0.39, 0.29) is 23.7 Å². The Kier molecular flexibility index (Phi) is 6.58. The smallest absolute Gasteiger partial charge is 0.307 e. The number of aliphatic carboxylic acids is 1. The largest absolute Gasteiger partial charge is 0.481 e. The maximum atomic E-state index is 11.4. The molecule has 3 aliphatic carbocycles. The Morgan fingerprint density at radius 1 is 1.05 bits per heavy atom. The van der Waals surface area contributed by atoms with E-state index in [1.165, 1.54) is 22.3 Å². The van der Waals surface area contributed by atoms with Gasteiger partial charge in [-0.25, -0.2) is 9.97 Å². The molecule has 3 aromatic rings. The second-order valence-electron chi connectivity index (χ2n) is 12.0. The molecule has 0 amide bonds. The summed E-state index contributed by atoms with van der Waals surface area (Å²) >= 11 is 0. The van der Waals surface area contributed by atoms with Crippen LogP contribution in [0.2, 0.25) is 0 Å². The normalized spacial score (nSPS) is 23.0. The lowest BCUT2D eigenvalue weighted by Gasteiger charge is -2.27. The first-order valence-electron chi connectivity index (χ1n) is 14.0. The zero-order valence-corrected chi connectivity index (χ0v) is 22.8. The Labute approximate surface area is 229 Å². The third kappa shape index (κ3) is 5.24. The first kappa shape index (κ1) is 25.8. The van der Waals surface area contributed by atoms with E-state index in [9.17, 15) is 15.0 Å². The Hall–Kier alpha value is -3.45. The number of aliphatic hydroxyl groups is 1. The standard InChI is InChI=1S/C32H36N2O5/c1-18-22(9-10-27(34-18)38-12-11-32(2,3)37)23-6-4-5-20-8-7-19(13-24(20)23)17-39-28-15-21-14-25-29(26(21)16-33-28)30(25)31(35)36/h7-10,13,15-16,23,25,29-30,37H,4-6,11-12,14,17H2,1-3H3,(H,35,36)/t23?,25-,29-,30+/m1/s1. The average Bonchev–Trinajstić information content (AvgIpc) is 3.49. The quantitative estimate of drug-likeness (QED) is 0.386. The van der Waals surface area contributed by atoms with Gasteiger partial charge < -0.3 is 19.7 Å². The Morgan fingerprint density at radius 3 is 2.67 bits per heavy atom. The van der Waals surface area contributed by atoms with Crippen molar-refractivity contribution >= 4 is 5.97 Å². The van der Waals surface area contributed by atoms with E-state index in [0.717, 1.165) is 42.5 Å². The molecule has 1 saturated carbocycles. The van der Waals surface area contributed by atoms with E-state index in [4.69, 9.17) is 14.5 Å². The predicted octanol–water partition coefficient (Wildman–Crippen LogP) is 5.34. The van der Waals surface area contributed by atoms with E-state index in [0.29, 0.717) is 31.4 Å². The number of pyridine rings is 2. The number of ether oxygens (including phenoxy) is 2. The van der Waals surface area contributed by atoms with Gasteiger partial charge in [-0.05, 0) is 85.8 Å². The average molecular weight is 529 g/mol. The third-order valence-electron chi connectivity index (χ3n) is 8.62. The van der Waals surface area contributed by atoms with Crippen LogP contribution in [0.1, 0.15) is 84.0 Å². The highest BCUT2D eigenvalue weighted by Crippen LogP contribution is 2.61. The van der Waals surface area contributed by atoms with Crippen molar-refractivity contribution in [3.63, 3.8) is 0 Å². The van der Waals surface area contributed by atoms with Gasteiger partial charge in [-0.15, -0.1) is 0 Å². The van der Waals surface area contributed by atoms with Crippen LogP contribution in [0.3, 0.4) is 0 Å². The maximum absolute atomic E-state index is 11.4. The van der Waals surface area contributed by atoms with Gasteiger partial charge in [0.1, 0.15) is 6.61 Å². The van der Waals surface area contributed by atoms with Crippen LogP contribution < -0.4 is 9.47 Å².